The van der Waals surface area contributed by atoms with E-state index in [0.29, 0.717) is 29.5 Å². The van der Waals surface area contributed by atoms with E-state index in [1.54, 1.807) is 6.20 Å². The lowest BCUT2D eigenvalue weighted by Gasteiger charge is -2.45. The van der Waals surface area contributed by atoms with Gasteiger partial charge < -0.3 is 20.1 Å². The number of rotatable bonds is 4. The molecule has 2 N–H and O–H groups in total. The van der Waals surface area contributed by atoms with Crippen LogP contribution in [0.4, 0.5) is 11.5 Å². The smallest absolute Gasteiger partial charge is 0.228 e. The van der Waals surface area contributed by atoms with Crippen LogP contribution in [0.1, 0.15) is 32.6 Å². The third-order valence-corrected chi connectivity index (χ3v) is 8.76. The zero-order valence-corrected chi connectivity index (χ0v) is 19.8. The van der Waals surface area contributed by atoms with Gasteiger partial charge in [0.2, 0.25) is 5.91 Å². The number of aliphatic hydroxyl groups is 1. The normalized spacial score (nSPS) is 29.4. The molecule has 1 amide bonds. The molecule has 3 heterocycles. The van der Waals surface area contributed by atoms with Gasteiger partial charge in [-0.1, -0.05) is 11.6 Å². The Kier molecular flexibility index (Phi) is 5.11. The summed E-state index contributed by atoms with van der Waals surface area (Å²) in [5, 5.41) is 16.1. The molecule has 2 aliphatic carbocycles. The van der Waals surface area contributed by atoms with Crippen molar-refractivity contribution < 1.29 is 14.6 Å². The van der Waals surface area contributed by atoms with Gasteiger partial charge in [0.05, 0.1) is 35.6 Å². The van der Waals surface area contributed by atoms with Crippen LogP contribution >= 0.6 is 11.6 Å². The van der Waals surface area contributed by atoms with Crippen molar-refractivity contribution in [3.63, 3.8) is 0 Å². The van der Waals surface area contributed by atoms with E-state index in [0.717, 1.165) is 55.5 Å². The minimum atomic E-state index is -0.454. The van der Waals surface area contributed by atoms with Crippen molar-refractivity contribution in [1.29, 1.82) is 0 Å². The molecule has 2 aromatic rings. The number of carbonyl (C=O) groups is 1. The number of hydrogen-bond donors (Lipinski definition) is 2. The minimum Gasteiger partial charge on any atom is -0.389 e. The molecular weight excluding hydrogens is 440 g/mol. The molecule has 4 aliphatic rings. The number of halogens is 1. The van der Waals surface area contributed by atoms with Gasteiger partial charge in [0.1, 0.15) is 5.82 Å². The number of aliphatic hydroxyl groups excluding tert-OH is 1. The van der Waals surface area contributed by atoms with Crippen LogP contribution in [-0.2, 0) is 9.53 Å². The third kappa shape index (κ3) is 3.79. The van der Waals surface area contributed by atoms with E-state index in [4.69, 9.17) is 16.3 Å². The largest absolute Gasteiger partial charge is 0.389 e. The summed E-state index contributed by atoms with van der Waals surface area (Å²) < 4.78 is 5.52. The Morgan fingerprint density at radius 3 is 2.61 bits per heavy atom. The fourth-order valence-corrected chi connectivity index (χ4v) is 6.15. The molecule has 4 fully saturated rings. The summed E-state index contributed by atoms with van der Waals surface area (Å²) in [5.74, 6) is 0.828. The Labute approximate surface area is 199 Å². The monoisotopic (exact) mass is 470 g/mol. The molecule has 1 spiro atoms. The van der Waals surface area contributed by atoms with Crippen molar-refractivity contribution in [3.05, 3.63) is 29.4 Å². The van der Waals surface area contributed by atoms with Crippen molar-refractivity contribution in [2.45, 2.75) is 44.2 Å². The molecular formula is C25H31ClN4O3. The lowest BCUT2D eigenvalue weighted by molar-refractivity contribution is -0.124. The SMILES string of the molecule is C[C@@]1(N2CCN(c3cc4cc(NC(=O)C5CC6(CC6)C5)ncc4cc3Cl)CC2)COC[C@@H]1O. The standard InChI is InChI=1S/C25H31ClN4O3/c1-24(15-33-14-21(24)31)30-6-4-29(5-7-30)20-9-16-10-22(27-13-17(16)8-19(20)26)28-23(32)18-11-25(12-18)2-3-25/h8-10,13,18,21,31H,2-7,11-12,14-15H2,1H3,(H,27,28,32)/t21-,24+/m0/s1. The van der Waals surface area contributed by atoms with E-state index in [1.165, 1.54) is 12.8 Å². The van der Waals surface area contributed by atoms with Crippen LogP contribution < -0.4 is 10.2 Å². The number of nitrogens with one attached hydrogen (secondary N) is 1. The first-order valence-electron chi connectivity index (χ1n) is 12.0. The zero-order valence-electron chi connectivity index (χ0n) is 19.0. The maximum absolute atomic E-state index is 12.6. The Balaban J connectivity index is 1.16. The Bertz CT molecular complexity index is 1090. The number of benzene rings is 1. The van der Waals surface area contributed by atoms with Crippen LogP contribution in [0.3, 0.4) is 0 Å². The van der Waals surface area contributed by atoms with E-state index in [9.17, 15) is 9.90 Å². The third-order valence-electron chi connectivity index (χ3n) is 8.46. The van der Waals surface area contributed by atoms with Crippen molar-refractivity contribution in [2.75, 3.05) is 49.6 Å². The number of fused-ring (bicyclic) bond motifs is 1. The average Bonchev–Trinajstić information content (AvgIpc) is 3.52. The van der Waals surface area contributed by atoms with Gasteiger partial charge in [0, 0.05) is 43.7 Å². The highest BCUT2D eigenvalue weighted by molar-refractivity contribution is 6.34. The van der Waals surface area contributed by atoms with E-state index in [1.807, 2.05) is 12.1 Å². The molecule has 2 aliphatic heterocycles. The number of hydrogen-bond acceptors (Lipinski definition) is 6. The molecule has 0 bridgehead atoms. The van der Waals surface area contributed by atoms with E-state index in [-0.39, 0.29) is 17.4 Å². The first-order chi connectivity index (χ1) is 15.9. The Hall–Kier alpha value is -1.93. The fourth-order valence-electron chi connectivity index (χ4n) is 5.86. The molecule has 2 saturated heterocycles. The van der Waals surface area contributed by atoms with Gasteiger partial charge in [-0.25, -0.2) is 4.98 Å². The predicted octanol–water partition coefficient (Wildman–Crippen LogP) is 3.29. The molecule has 0 radical (unpaired) electrons. The van der Waals surface area contributed by atoms with Crippen LogP contribution in [0.2, 0.25) is 5.02 Å². The predicted molar refractivity (Wildman–Crippen MR) is 129 cm³/mol. The van der Waals surface area contributed by atoms with E-state index in [2.05, 4.69) is 33.1 Å². The number of carbonyl (C=O) groups excluding carboxylic acids is 1. The Morgan fingerprint density at radius 2 is 1.94 bits per heavy atom. The lowest BCUT2D eigenvalue weighted by atomic mass is 9.71. The minimum absolute atomic E-state index is 0.0938. The van der Waals surface area contributed by atoms with Crippen LogP contribution in [-0.4, -0.2) is 71.9 Å². The van der Waals surface area contributed by atoms with Gasteiger partial charge in [-0.05, 0) is 61.6 Å². The fraction of sp³-hybridized carbons (Fsp3) is 0.600. The van der Waals surface area contributed by atoms with Crippen molar-refractivity contribution in [1.82, 2.24) is 9.88 Å². The first kappa shape index (κ1) is 21.6. The highest BCUT2D eigenvalue weighted by atomic mass is 35.5. The number of pyridine rings is 1. The Morgan fingerprint density at radius 1 is 1.18 bits per heavy atom. The quantitative estimate of drug-likeness (QED) is 0.714. The van der Waals surface area contributed by atoms with Crippen LogP contribution in [0.25, 0.3) is 10.8 Å². The summed E-state index contributed by atoms with van der Waals surface area (Å²) in [6.07, 6.45) is 5.96. The van der Waals surface area contributed by atoms with E-state index < -0.39 is 6.10 Å². The number of piperazine rings is 1. The van der Waals surface area contributed by atoms with Gasteiger partial charge in [0.25, 0.3) is 0 Å². The van der Waals surface area contributed by atoms with Gasteiger partial charge in [-0.2, -0.15) is 0 Å². The van der Waals surface area contributed by atoms with Crippen molar-refractivity contribution >= 4 is 39.8 Å². The molecule has 0 unspecified atom stereocenters. The van der Waals surface area contributed by atoms with Crippen LogP contribution in [0.5, 0.6) is 0 Å². The number of anilines is 2. The molecule has 6 rings (SSSR count). The highest BCUT2D eigenvalue weighted by Crippen LogP contribution is 2.63. The molecule has 2 saturated carbocycles. The number of amides is 1. The molecule has 7 nitrogen and oxygen atoms in total. The topological polar surface area (TPSA) is 77.9 Å². The first-order valence-corrected chi connectivity index (χ1v) is 12.4. The molecule has 8 heteroatoms. The van der Waals surface area contributed by atoms with Gasteiger partial charge in [-0.3, -0.25) is 9.69 Å². The van der Waals surface area contributed by atoms with E-state index >= 15 is 0 Å². The summed E-state index contributed by atoms with van der Waals surface area (Å²) in [7, 11) is 0. The molecule has 1 aromatic carbocycles. The number of ether oxygens (including phenoxy) is 1. The van der Waals surface area contributed by atoms with Gasteiger partial charge in [-0.15, -0.1) is 0 Å². The van der Waals surface area contributed by atoms with Gasteiger partial charge in [0.15, 0.2) is 0 Å². The summed E-state index contributed by atoms with van der Waals surface area (Å²) in [4.78, 5) is 21.7. The van der Waals surface area contributed by atoms with Crippen LogP contribution in [0.15, 0.2) is 24.4 Å². The second kappa shape index (κ2) is 7.80. The molecule has 176 valence electrons. The summed E-state index contributed by atoms with van der Waals surface area (Å²) in [6, 6.07) is 6.00. The number of aromatic nitrogens is 1. The summed E-state index contributed by atoms with van der Waals surface area (Å²) >= 11 is 6.66. The lowest BCUT2D eigenvalue weighted by Crippen LogP contribution is -2.60. The zero-order chi connectivity index (χ0) is 22.8. The second-order valence-corrected chi connectivity index (χ2v) is 11.1. The maximum Gasteiger partial charge on any atom is 0.228 e. The molecule has 1 aromatic heterocycles. The molecule has 2 atom stereocenters. The van der Waals surface area contributed by atoms with Crippen LogP contribution in [0, 0.1) is 11.3 Å². The molecule has 33 heavy (non-hydrogen) atoms. The van der Waals surface area contributed by atoms with Crippen molar-refractivity contribution in [3.8, 4) is 0 Å². The second-order valence-electron chi connectivity index (χ2n) is 10.7. The maximum atomic E-state index is 12.6. The van der Waals surface area contributed by atoms with Gasteiger partial charge >= 0.3 is 0 Å². The highest BCUT2D eigenvalue weighted by Gasteiger charge is 2.55. The summed E-state index contributed by atoms with van der Waals surface area (Å²) in [6.45, 7) is 6.38. The average molecular weight is 471 g/mol. The number of nitrogens with zero attached hydrogens (tertiary/aromatic N) is 3. The van der Waals surface area contributed by atoms with Crippen molar-refractivity contribution in [2.24, 2.45) is 11.3 Å². The summed E-state index contributed by atoms with van der Waals surface area (Å²) in [5.41, 5.74) is 1.18.